The predicted molar refractivity (Wildman–Crippen MR) is 112 cm³/mol. The third kappa shape index (κ3) is 5.35. The number of carbonyl (C=O) groups excluding carboxylic acids is 1. The van der Waals surface area contributed by atoms with E-state index in [0.717, 1.165) is 16.8 Å². The van der Waals surface area contributed by atoms with Gasteiger partial charge in [0.2, 0.25) is 5.91 Å². The van der Waals surface area contributed by atoms with Gasteiger partial charge >= 0.3 is 0 Å². The molecule has 1 N–H and O–H groups in total. The number of aromatic nitrogens is 3. The second kappa shape index (κ2) is 9.09. The van der Waals surface area contributed by atoms with Crippen molar-refractivity contribution in [2.45, 2.75) is 32.0 Å². The molecular formula is C21H23FN4O2S. The van der Waals surface area contributed by atoms with Crippen LogP contribution in [0, 0.1) is 19.7 Å². The first-order valence-electron chi connectivity index (χ1n) is 9.15. The first kappa shape index (κ1) is 20.9. The molecule has 0 saturated carbocycles. The molecule has 0 aliphatic carbocycles. The van der Waals surface area contributed by atoms with E-state index in [0.29, 0.717) is 16.7 Å². The van der Waals surface area contributed by atoms with Crippen LogP contribution < -0.4 is 10.1 Å². The Hall–Kier alpha value is -2.87. The fraction of sp³-hybridized carbons (Fsp3) is 0.286. The van der Waals surface area contributed by atoms with Crippen molar-refractivity contribution in [3.8, 4) is 5.75 Å². The lowest BCUT2D eigenvalue weighted by molar-refractivity contribution is -0.113. The number of anilines is 1. The molecule has 152 valence electrons. The number of amides is 1. The quantitative estimate of drug-likeness (QED) is 0.579. The molecule has 0 fully saturated rings. The first-order chi connectivity index (χ1) is 13.8. The summed E-state index contributed by atoms with van der Waals surface area (Å²) in [5.74, 6) is 0.952. The average Bonchev–Trinajstić information content (AvgIpc) is 3.05. The van der Waals surface area contributed by atoms with Crippen molar-refractivity contribution in [2.24, 2.45) is 7.05 Å². The van der Waals surface area contributed by atoms with Crippen LogP contribution in [-0.2, 0) is 11.8 Å². The smallest absolute Gasteiger partial charge is 0.234 e. The average molecular weight is 415 g/mol. The zero-order valence-electron chi connectivity index (χ0n) is 16.8. The molecule has 0 aliphatic rings. The van der Waals surface area contributed by atoms with Crippen molar-refractivity contribution in [2.75, 3.05) is 11.1 Å². The van der Waals surface area contributed by atoms with Gasteiger partial charge in [0.1, 0.15) is 11.6 Å². The molecule has 0 spiro atoms. The highest BCUT2D eigenvalue weighted by Gasteiger charge is 2.18. The summed E-state index contributed by atoms with van der Waals surface area (Å²) in [5.41, 5.74) is 2.92. The Labute approximate surface area is 173 Å². The summed E-state index contributed by atoms with van der Waals surface area (Å²) in [4.78, 5) is 12.3. The van der Waals surface area contributed by atoms with Gasteiger partial charge in [0.15, 0.2) is 17.1 Å². The van der Waals surface area contributed by atoms with E-state index in [1.807, 2.05) is 46.0 Å². The maximum absolute atomic E-state index is 13.0. The Kier molecular flexibility index (Phi) is 6.53. The number of rotatable bonds is 7. The number of hydrogen-bond acceptors (Lipinski definition) is 5. The number of carbonyl (C=O) groups is 1. The van der Waals surface area contributed by atoms with Crippen LogP contribution in [0.25, 0.3) is 0 Å². The molecule has 3 rings (SSSR count). The molecule has 1 unspecified atom stereocenters. The van der Waals surface area contributed by atoms with E-state index in [1.54, 1.807) is 16.7 Å². The van der Waals surface area contributed by atoms with Crippen LogP contribution in [-0.4, -0.2) is 26.4 Å². The molecular weight excluding hydrogens is 391 g/mol. The van der Waals surface area contributed by atoms with E-state index >= 15 is 0 Å². The van der Waals surface area contributed by atoms with E-state index in [1.165, 1.54) is 23.9 Å². The normalized spacial score (nSPS) is 11.9. The number of aryl methyl sites for hydroxylation is 2. The molecule has 0 radical (unpaired) electrons. The second-order valence-corrected chi connectivity index (χ2v) is 7.71. The maximum Gasteiger partial charge on any atom is 0.234 e. The number of halogens is 1. The molecule has 8 heteroatoms. The molecule has 1 heterocycles. The van der Waals surface area contributed by atoms with E-state index in [9.17, 15) is 9.18 Å². The predicted octanol–water partition coefficient (Wildman–Crippen LogP) is 4.44. The van der Waals surface area contributed by atoms with Crippen LogP contribution in [0.4, 0.5) is 10.1 Å². The van der Waals surface area contributed by atoms with Gasteiger partial charge in [0.25, 0.3) is 0 Å². The monoisotopic (exact) mass is 414 g/mol. The van der Waals surface area contributed by atoms with Crippen molar-refractivity contribution in [3.05, 3.63) is 65.2 Å². The van der Waals surface area contributed by atoms with Crippen LogP contribution in [0.5, 0.6) is 5.75 Å². The van der Waals surface area contributed by atoms with Gasteiger partial charge < -0.3 is 14.6 Å². The molecule has 0 aliphatic heterocycles. The van der Waals surface area contributed by atoms with Gasteiger partial charge in [-0.2, -0.15) is 0 Å². The highest BCUT2D eigenvalue weighted by molar-refractivity contribution is 7.99. The first-order valence-corrected chi connectivity index (χ1v) is 10.1. The van der Waals surface area contributed by atoms with Crippen LogP contribution in [0.1, 0.15) is 30.0 Å². The van der Waals surface area contributed by atoms with Gasteiger partial charge in [-0.1, -0.05) is 23.9 Å². The summed E-state index contributed by atoms with van der Waals surface area (Å²) < 4.78 is 20.6. The molecule has 0 bridgehead atoms. The Bertz CT molecular complexity index is 1000. The van der Waals surface area contributed by atoms with Gasteiger partial charge in [0, 0.05) is 12.7 Å². The fourth-order valence-electron chi connectivity index (χ4n) is 2.76. The van der Waals surface area contributed by atoms with Gasteiger partial charge in [-0.05, 0) is 62.2 Å². The maximum atomic E-state index is 13.0. The van der Waals surface area contributed by atoms with E-state index < -0.39 is 0 Å². The van der Waals surface area contributed by atoms with Gasteiger partial charge in [-0.3, -0.25) is 4.79 Å². The second-order valence-electron chi connectivity index (χ2n) is 6.77. The number of hydrogen-bond donors (Lipinski definition) is 1. The van der Waals surface area contributed by atoms with Crippen LogP contribution in [0.3, 0.4) is 0 Å². The summed E-state index contributed by atoms with van der Waals surface area (Å²) in [5, 5.41) is 11.9. The lowest BCUT2D eigenvalue weighted by Gasteiger charge is -2.14. The fourth-order valence-corrected chi connectivity index (χ4v) is 3.48. The number of thioether (sulfide) groups is 1. The lowest BCUT2D eigenvalue weighted by Crippen LogP contribution is -2.15. The summed E-state index contributed by atoms with van der Waals surface area (Å²) in [7, 11) is 1.82. The van der Waals surface area contributed by atoms with Crippen molar-refractivity contribution >= 4 is 23.4 Å². The Balaban J connectivity index is 1.59. The van der Waals surface area contributed by atoms with Gasteiger partial charge in [0.05, 0.1) is 5.75 Å². The largest absolute Gasteiger partial charge is 0.483 e. The Morgan fingerprint density at radius 3 is 2.66 bits per heavy atom. The number of nitrogens with zero attached hydrogens (tertiary/aromatic N) is 3. The van der Waals surface area contributed by atoms with E-state index in [2.05, 4.69) is 15.5 Å². The zero-order chi connectivity index (χ0) is 21.0. The van der Waals surface area contributed by atoms with Crippen LogP contribution >= 0.6 is 11.8 Å². The van der Waals surface area contributed by atoms with Crippen LogP contribution in [0.15, 0.2) is 47.6 Å². The summed E-state index contributed by atoms with van der Waals surface area (Å²) in [6, 6.07) is 11.8. The van der Waals surface area contributed by atoms with E-state index in [4.69, 9.17) is 4.74 Å². The number of nitrogens with one attached hydrogen (secondary N) is 1. The lowest BCUT2D eigenvalue weighted by atomic mass is 10.1. The molecule has 3 aromatic rings. The molecule has 2 aromatic carbocycles. The summed E-state index contributed by atoms with van der Waals surface area (Å²) in [6.07, 6.45) is -0.379. The molecule has 0 saturated heterocycles. The minimum Gasteiger partial charge on any atom is -0.483 e. The molecule has 1 atom stereocenters. The third-order valence-electron chi connectivity index (χ3n) is 4.36. The van der Waals surface area contributed by atoms with Crippen molar-refractivity contribution in [1.29, 1.82) is 0 Å². The number of ether oxygens (including phenoxy) is 1. The van der Waals surface area contributed by atoms with Crippen molar-refractivity contribution < 1.29 is 13.9 Å². The zero-order valence-corrected chi connectivity index (χ0v) is 17.6. The third-order valence-corrected chi connectivity index (χ3v) is 5.38. The van der Waals surface area contributed by atoms with E-state index in [-0.39, 0.29) is 23.6 Å². The molecule has 1 aromatic heterocycles. The van der Waals surface area contributed by atoms with Crippen LogP contribution in [0.2, 0.25) is 0 Å². The van der Waals surface area contributed by atoms with Gasteiger partial charge in [-0.25, -0.2) is 4.39 Å². The molecule has 6 nitrogen and oxygen atoms in total. The van der Waals surface area contributed by atoms with Crippen molar-refractivity contribution in [3.63, 3.8) is 0 Å². The minimum atomic E-state index is -0.379. The SMILES string of the molecule is Cc1ccc(C)c(NC(=O)CSc2nnc(C(C)Oc3ccc(F)cc3)n2C)c1. The van der Waals surface area contributed by atoms with Crippen molar-refractivity contribution in [1.82, 2.24) is 14.8 Å². The minimum absolute atomic E-state index is 0.108. The highest BCUT2D eigenvalue weighted by atomic mass is 32.2. The summed E-state index contributed by atoms with van der Waals surface area (Å²) >= 11 is 1.30. The molecule has 1 amide bonds. The molecule has 29 heavy (non-hydrogen) atoms. The van der Waals surface area contributed by atoms with Gasteiger partial charge in [-0.15, -0.1) is 10.2 Å². The summed E-state index contributed by atoms with van der Waals surface area (Å²) in [6.45, 7) is 5.79. The standard InChI is InChI=1S/C21H23FN4O2S/c1-13-5-6-14(2)18(11-13)23-19(27)12-29-21-25-24-20(26(21)4)15(3)28-17-9-7-16(22)8-10-17/h5-11,15H,12H2,1-4H3,(H,23,27). The topological polar surface area (TPSA) is 69.0 Å². The Morgan fingerprint density at radius 2 is 1.93 bits per heavy atom. The number of benzene rings is 2. The Morgan fingerprint density at radius 1 is 1.21 bits per heavy atom. The highest BCUT2D eigenvalue weighted by Crippen LogP contribution is 2.24.